The zero-order chi connectivity index (χ0) is 10.5. The maximum absolute atomic E-state index is 4.23. The van der Waals surface area contributed by atoms with Gasteiger partial charge in [-0.05, 0) is 33.3 Å². The van der Waals surface area contributed by atoms with Gasteiger partial charge in [0.2, 0.25) is 0 Å². The molecule has 15 heavy (non-hydrogen) atoms. The van der Waals surface area contributed by atoms with E-state index in [9.17, 15) is 0 Å². The number of nitrogens with one attached hydrogen (secondary N) is 1. The van der Waals surface area contributed by atoms with Crippen LogP contribution in [0.5, 0.6) is 0 Å². The number of nitrogens with zero attached hydrogens (tertiary/aromatic N) is 5. The Morgan fingerprint density at radius 3 is 3.07 bits per heavy atom. The van der Waals surface area contributed by atoms with Crippen LogP contribution in [0.1, 0.15) is 0 Å². The van der Waals surface area contributed by atoms with Crippen LogP contribution in [0.15, 0.2) is 29.1 Å². The number of halogens is 1. The van der Waals surface area contributed by atoms with E-state index in [4.69, 9.17) is 0 Å². The third kappa shape index (κ3) is 2.98. The van der Waals surface area contributed by atoms with Gasteiger partial charge < -0.3 is 5.32 Å². The fraction of sp³-hybridized carbons (Fsp3) is 0.250. The van der Waals surface area contributed by atoms with Crippen molar-refractivity contribution < 1.29 is 0 Å². The van der Waals surface area contributed by atoms with Gasteiger partial charge in [-0.1, -0.05) is 6.07 Å². The Kier molecular flexibility index (Phi) is 3.23. The fourth-order valence-electron chi connectivity index (χ4n) is 1.08. The minimum Gasteiger partial charge on any atom is -0.368 e. The third-order valence-corrected chi connectivity index (χ3v) is 2.17. The predicted molar refractivity (Wildman–Crippen MR) is 58.2 cm³/mol. The van der Waals surface area contributed by atoms with Gasteiger partial charge in [-0.25, -0.2) is 4.98 Å². The number of anilines is 1. The molecule has 0 atom stereocenters. The summed E-state index contributed by atoms with van der Waals surface area (Å²) in [5.41, 5.74) is 0. The smallest absolute Gasteiger partial charge is 0.162 e. The molecule has 0 radical (unpaired) electrons. The summed E-state index contributed by atoms with van der Waals surface area (Å²) in [7, 11) is 0. The number of hydrogen-bond acceptors (Lipinski definition) is 5. The molecule has 0 amide bonds. The highest BCUT2D eigenvalue weighted by Gasteiger charge is 1.95. The van der Waals surface area contributed by atoms with Crippen molar-refractivity contribution in [3.8, 4) is 0 Å². The van der Waals surface area contributed by atoms with Gasteiger partial charge in [0.1, 0.15) is 10.4 Å². The molecule has 2 rings (SSSR count). The van der Waals surface area contributed by atoms with Crippen molar-refractivity contribution in [2.75, 3.05) is 11.9 Å². The Morgan fingerprint density at radius 1 is 1.40 bits per heavy atom. The SMILES string of the molecule is Brc1cccc(NCCn2ncnn2)n1. The zero-order valence-electron chi connectivity index (χ0n) is 7.84. The Balaban J connectivity index is 1.83. The normalized spacial score (nSPS) is 10.2. The van der Waals surface area contributed by atoms with Gasteiger partial charge in [-0.3, -0.25) is 0 Å². The van der Waals surface area contributed by atoms with Crippen LogP contribution in [-0.4, -0.2) is 31.7 Å². The van der Waals surface area contributed by atoms with Crippen molar-refractivity contribution >= 4 is 21.7 Å². The minimum absolute atomic E-state index is 0.661. The Labute approximate surface area is 94.8 Å². The summed E-state index contributed by atoms with van der Waals surface area (Å²) in [5.74, 6) is 0.824. The molecule has 0 aromatic carbocycles. The molecule has 7 heteroatoms. The lowest BCUT2D eigenvalue weighted by Gasteiger charge is -2.04. The first kappa shape index (κ1) is 10.0. The van der Waals surface area contributed by atoms with Gasteiger partial charge in [0.05, 0.1) is 6.54 Å². The van der Waals surface area contributed by atoms with E-state index in [0.29, 0.717) is 13.1 Å². The topological polar surface area (TPSA) is 68.5 Å². The second-order valence-electron chi connectivity index (χ2n) is 2.80. The highest BCUT2D eigenvalue weighted by atomic mass is 79.9. The number of hydrogen-bond donors (Lipinski definition) is 1. The van der Waals surface area contributed by atoms with E-state index >= 15 is 0 Å². The maximum atomic E-state index is 4.23. The number of tetrazole rings is 1. The summed E-state index contributed by atoms with van der Waals surface area (Å²) < 4.78 is 0.811. The van der Waals surface area contributed by atoms with Crippen molar-refractivity contribution in [3.05, 3.63) is 29.1 Å². The van der Waals surface area contributed by atoms with Crippen molar-refractivity contribution in [2.24, 2.45) is 0 Å². The van der Waals surface area contributed by atoms with E-state index in [1.54, 1.807) is 0 Å². The zero-order valence-corrected chi connectivity index (χ0v) is 9.42. The molecule has 0 bridgehead atoms. The highest BCUT2D eigenvalue weighted by molar-refractivity contribution is 9.10. The van der Waals surface area contributed by atoms with Crippen molar-refractivity contribution in [2.45, 2.75) is 6.54 Å². The average Bonchev–Trinajstić information content (AvgIpc) is 2.71. The average molecular weight is 269 g/mol. The Morgan fingerprint density at radius 2 is 2.33 bits per heavy atom. The Hall–Kier alpha value is -1.50. The van der Waals surface area contributed by atoms with Gasteiger partial charge in [-0.2, -0.15) is 4.80 Å². The van der Waals surface area contributed by atoms with Gasteiger partial charge in [0.15, 0.2) is 6.33 Å². The molecule has 0 aliphatic heterocycles. The maximum Gasteiger partial charge on any atom is 0.162 e. The molecule has 0 saturated carbocycles. The van der Waals surface area contributed by atoms with Crippen LogP contribution < -0.4 is 5.32 Å². The summed E-state index contributed by atoms with van der Waals surface area (Å²) in [4.78, 5) is 5.75. The Bertz CT molecular complexity index is 415. The standard InChI is InChI=1S/C8H9BrN6/c9-7-2-1-3-8(13-7)10-4-5-15-12-6-11-14-15/h1-3,6H,4-5H2,(H,10,13). The van der Waals surface area contributed by atoms with Gasteiger partial charge in [-0.15, -0.1) is 10.2 Å². The molecule has 2 aromatic rings. The van der Waals surface area contributed by atoms with E-state index in [0.717, 1.165) is 10.4 Å². The minimum atomic E-state index is 0.661. The number of aromatic nitrogens is 5. The van der Waals surface area contributed by atoms with Crippen LogP contribution in [0.4, 0.5) is 5.82 Å². The number of rotatable bonds is 4. The van der Waals surface area contributed by atoms with Crippen LogP contribution in [0, 0.1) is 0 Å². The van der Waals surface area contributed by atoms with E-state index in [1.807, 2.05) is 18.2 Å². The molecule has 2 aromatic heterocycles. The summed E-state index contributed by atoms with van der Waals surface area (Å²) in [5, 5.41) is 14.4. The lowest BCUT2D eigenvalue weighted by Crippen LogP contribution is -2.13. The molecule has 0 saturated heterocycles. The van der Waals surface area contributed by atoms with Gasteiger partial charge in [0.25, 0.3) is 0 Å². The predicted octanol–water partition coefficient (Wildman–Crippen LogP) is 0.943. The van der Waals surface area contributed by atoms with Crippen molar-refractivity contribution in [3.63, 3.8) is 0 Å². The molecule has 0 fully saturated rings. The lowest BCUT2D eigenvalue weighted by molar-refractivity contribution is 0.538. The van der Waals surface area contributed by atoms with E-state index in [2.05, 4.69) is 41.6 Å². The molecule has 2 heterocycles. The third-order valence-electron chi connectivity index (χ3n) is 1.72. The van der Waals surface area contributed by atoms with E-state index < -0.39 is 0 Å². The molecule has 0 spiro atoms. The van der Waals surface area contributed by atoms with Crippen LogP contribution in [0.3, 0.4) is 0 Å². The van der Waals surface area contributed by atoms with Crippen LogP contribution in [-0.2, 0) is 6.54 Å². The highest BCUT2D eigenvalue weighted by Crippen LogP contribution is 2.09. The summed E-state index contributed by atoms with van der Waals surface area (Å²) in [6.45, 7) is 1.37. The van der Waals surface area contributed by atoms with Crippen LogP contribution in [0.2, 0.25) is 0 Å². The second-order valence-corrected chi connectivity index (χ2v) is 3.62. The van der Waals surface area contributed by atoms with Crippen molar-refractivity contribution in [1.82, 2.24) is 25.2 Å². The lowest BCUT2D eigenvalue weighted by atomic mass is 10.4. The van der Waals surface area contributed by atoms with Crippen LogP contribution >= 0.6 is 15.9 Å². The molecular formula is C8H9BrN6. The van der Waals surface area contributed by atoms with Gasteiger partial charge in [0, 0.05) is 6.54 Å². The molecule has 78 valence electrons. The first-order valence-corrected chi connectivity index (χ1v) is 5.21. The molecule has 0 aliphatic carbocycles. The molecule has 0 unspecified atom stereocenters. The molecule has 1 N–H and O–H groups in total. The first-order valence-electron chi connectivity index (χ1n) is 4.42. The second kappa shape index (κ2) is 4.83. The monoisotopic (exact) mass is 268 g/mol. The number of pyridine rings is 1. The van der Waals surface area contributed by atoms with E-state index in [-0.39, 0.29) is 0 Å². The summed E-state index contributed by atoms with van der Waals surface area (Å²) in [6.07, 6.45) is 1.41. The van der Waals surface area contributed by atoms with Gasteiger partial charge >= 0.3 is 0 Å². The van der Waals surface area contributed by atoms with Crippen molar-refractivity contribution in [1.29, 1.82) is 0 Å². The molecular weight excluding hydrogens is 260 g/mol. The molecule has 6 nitrogen and oxygen atoms in total. The summed E-state index contributed by atoms with van der Waals surface area (Å²) >= 11 is 3.30. The first-order chi connectivity index (χ1) is 7.34. The fourth-order valence-corrected chi connectivity index (χ4v) is 1.43. The quantitative estimate of drug-likeness (QED) is 0.837. The molecule has 0 aliphatic rings. The van der Waals surface area contributed by atoms with Crippen LogP contribution in [0.25, 0.3) is 0 Å². The van der Waals surface area contributed by atoms with E-state index in [1.165, 1.54) is 11.1 Å². The summed E-state index contributed by atoms with van der Waals surface area (Å²) in [6, 6.07) is 5.71. The largest absolute Gasteiger partial charge is 0.368 e.